The van der Waals surface area contributed by atoms with E-state index in [1.165, 1.54) is 11.8 Å². The fraction of sp³-hybridized carbons (Fsp3) is 0.214. The van der Waals surface area contributed by atoms with Crippen LogP contribution in [-0.2, 0) is 0 Å². The second-order valence-electron chi connectivity index (χ2n) is 4.08. The lowest BCUT2D eigenvalue weighted by Crippen LogP contribution is -1.93. The quantitative estimate of drug-likeness (QED) is 0.636. The molecule has 0 saturated heterocycles. The third kappa shape index (κ3) is 4.28. The molecule has 2 rings (SSSR count). The van der Waals surface area contributed by atoms with E-state index in [0.717, 1.165) is 23.3 Å². The number of aliphatic hydroxyl groups is 1. The fourth-order valence-electron chi connectivity index (χ4n) is 1.79. The molecule has 0 bridgehead atoms. The first kappa shape index (κ1) is 15.4. The van der Waals surface area contributed by atoms with Crippen LogP contribution in [0.2, 0.25) is 10.0 Å². The van der Waals surface area contributed by atoms with Gasteiger partial charge in [-0.15, -0.1) is 11.8 Å². The highest BCUT2D eigenvalue weighted by Crippen LogP contribution is 2.30. The van der Waals surface area contributed by atoms with E-state index in [9.17, 15) is 0 Å². The Kier molecular flexibility index (Phi) is 5.98. The lowest BCUT2D eigenvalue weighted by molar-refractivity contribution is 0.375. The molecule has 20 heavy (non-hydrogen) atoms. The van der Waals surface area contributed by atoms with E-state index in [4.69, 9.17) is 28.3 Å². The van der Waals surface area contributed by atoms with Crippen LogP contribution in [0.25, 0.3) is 11.8 Å². The van der Waals surface area contributed by atoms with Gasteiger partial charge in [-0.25, -0.2) is 4.98 Å². The molecule has 0 spiro atoms. The minimum absolute atomic E-state index is 0.118. The summed E-state index contributed by atoms with van der Waals surface area (Å²) in [6.07, 6.45) is 8.09. The number of imidazole rings is 1. The van der Waals surface area contributed by atoms with Crippen molar-refractivity contribution >= 4 is 46.7 Å². The summed E-state index contributed by atoms with van der Waals surface area (Å²) >= 11 is 13.7. The van der Waals surface area contributed by atoms with Gasteiger partial charge in [-0.05, 0) is 35.4 Å². The number of thioether (sulfide) groups is 1. The number of hydrogen-bond acceptors (Lipinski definition) is 3. The SMILES string of the molecule is OCSCCC(=Cn1ccnc1)c1ccc(Cl)cc1Cl. The maximum atomic E-state index is 8.88. The van der Waals surface area contributed by atoms with Crippen molar-refractivity contribution in [3.05, 3.63) is 52.5 Å². The molecule has 0 aliphatic rings. The molecule has 0 unspecified atom stereocenters. The highest BCUT2D eigenvalue weighted by atomic mass is 35.5. The van der Waals surface area contributed by atoms with Crippen molar-refractivity contribution in [1.29, 1.82) is 0 Å². The van der Waals surface area contributed by atoms with Gasteiger partial charge >= 0.3 is 0 Å². The van der Waals surface area contributed by atoms with Crippen LogP contribution in [0.1, 0.15) is 12.0 Å². The van der Waals surface area contributed by atoms with E-state index in [-0.39, 0.29) is 5.94 Å². The van der Waals surface area contributed by atoms with E-state index < -0.39 is 0 Å². The molecule has 3 nitrogen and oxygen atoms in total. The number of aromatic nitrogens is 2. The summed E-state index contributed by atoms with van der Waals surface area (Å²) in [5, 5.41) is 10.1. The Morgan fingerprint density at radius 3 is 2.90 bits per heavy atom. The topological polar surface area (TPSA) is 38.0 Å². The van der Waals surface area contributed by atoms with Gasteiger partial charge in [0.2, 0.25) is 0 Å². The molecule has 6 heteroatoms. The zero-order chi connectivity index (χ0) is 14.4. The smallest absolute Gasteiger partial charge is 0.0986 e. The van der Waals surface area contributed by atoms with Gasteiger partial charge in [-0.1, -0.05) is 29.3 Å². The molecular formula is C14H14Cl2N2OS. The van der Waals surface area contributed by atoms with Gasteiger partial charge in [-0.3, -0.25) is 0 Å². The van der Waals surface area contributed by atoms with Crippen molar-refractivity contribution in [2.45, 2.75) is 6.42 Å². The molecule has 0 amide bonds. The number of halogens is 2. The van der Waals surface area contributed by atoms with Crippen LogP contribution in [0, 0.1) is 0 Å². The lowest BCUT2D eigenvalue weighted by atomic mass is 10.0. The van der Waals surface area contributed by atoms with Crippen LogP contribution in [0.5, 0.6) is 0 Å². The van der Waals surface area contributed by atoms with Crippen molar-refractivity contribution in [2.75, 3.05) is 11.7 Å². The van der Waals surface area contributed by atoms with E-state index >= 15 is 0 Å². The van der Waals surface area contributed by atoms with Crippen LogP contribution in [0.4, 0.5) is 0 Å². The zero-order valence-corrected chi connectivity index (χ0v) is 13.0. The number of rotatable bonds is 6. The maximum Gasteiger partial charge on any atom is 0.0986 e. The first-order valence-corrected chi connectivity index (χ1v) is 7.94. The van der Waals surface area contributed by atoms with Crippen molar-refractivity contribution in [2.24, 2.45) is 0 Å². The number of allylic oxidation sites excluding steroid dienone is 1. The monoisotopic (exact) mass is 328 g/mol. The van der Waals surface area contributed by atoms with Crippen molar-refractivity contribution in [3.63, 3.8) is 0 Å². The molecule has 1 aromatic carbocycles. The summed E-state index contributed by atoms with van der Waals surface area (Å²) in [6.45, 7) is 0. The van der Waals surface area contributed by atoms with Gasteiger partial charge in [0, 0.05) is 28.6 Å². The Bertz CT molecular complexity index is 585. The molecule has 106 valence electrons. The lowest BCUT2D eigenvalue weighted by Gasteiger charge is -2.10. The number of benzene rings is 1. The fourth-order valence-corrected chi connectivity index (χ4v) is 2.81. The minimum atomic E-state index is 0.118. The van der Waals surface area contributed by atoms with E-state index in [2.05, 4.69) is 4.98 Å². The Hall–Kier alpha value is -0.940. The number of hydrogen-bond donors (Lipinski definition) is 1. The summed E-state index contributed by atoms with van der Waals surface area (Å²) in [5.41, 5.74) is 2.02. The largest absolute Gasteiger partial charge is 0.386 e. The Morgan fingerprint density at radius 1 is 1.40 bits per heavy atom. The van der Waals surface area contributed by atoms with Gasteiger partial charge in [0.25, 0.3) is 0 Å². The first-order valence-electron chi connectivity index (χ1n) is 6.03. The standard InChI is InChI=1S/C14H14Cl2N2OS/c15-12-1-2-13(14(16)7-12)11(3-6-20-10-19)8-18-5-4-17-9-18/h1-2,4-5,7-9,19H,3,6,10H2. The third-order valence-electron chi connectivity index (χ3n) is 2.71. The highest BCUT2D eigenvalue weighted by Gasteiger charge is 2.08. The predicted octanol–water partition coefficient (Wildman–Crippen LogP) is 4.26. The zero-order valence-electron chi connectivity index (χ0n) is 10.7. The van der Waals surface area contributed by atoms with Gasteiger partial charge in [0.1, 0.15) is 0 Å². The van der Waals surface area contributed by atoms with Crippen molar-refractivity contribution in [3.8, 4) is 0 Å². The summed E-state index contributed by atoms with van der Waals surface area (Å²) in [5.74, 6) is 0.933. The molecule has 0 radical (unpaired) electrons. The molecular weight excluding hydrogens is 315 g/mol. The molecule has 1 N–H and O–H groups in total. The second kappa shape index (κ2) is 7.74. The van der Waals surface area contributed by atoms with E-state index in [0.29, 0.717) is 10.0 Å². The first-order chi connectivity index (χ1) is 9.70. The minimum Gasteiger partial charge on any atom is -0.386 e. The Morgan fingerprint density at radius 2 is 2.25 bits per heavy atom. The van der Waals surface area contributed by atoms with Gasteiger partial charge in [0.15, 0.2) is 0 Å². The molecule has 0 aliphatic heterocycles. The Balaban J connectivity index is 2.30. The van der Waals surface area contributed by atoms with Crippen LogP contribution in [0.15, 0.2) is 36.9 Å². The molecule has 1 heterocycles. The van der Waals surface area contributed by atoms with Crippen LogP contribution >= 0.6 is 35.0 Å². The summed E-state index contributed by atoms with van der Waals surface area (Å²) in [7, 11) is 0. The molecule has 0 atom stereocenters. The Labute approximate surface area is 132 Å². The molecule has 1 aromatic heterocycles. The third-order valence-corrected chi connectivity index (χ3v) is 3.94. The average Bonchev–Trinajstić information content (AvgIpc) is 2.91. The molecule has 0 aliphatic carbocycles. The number of nitrogens with zero attached hydrogens (tertiary/aromatic N) is 2. The highest BCUT2D eigenvalue weighted by molar-refractivity contribution is 7.99. The predicted molar refractivity (Wildman–Crippen MR) is 87.0 cm³/mol. The van der Waals surface area contributed by atoms with Crippen LogP contribution < -0.4 is 0 Å². The van der Waals surface area contributed by atoms with E-state index in [1.54, 1.807) is 18.6 Å². The molecule has 0 saturated carbocycles. The van der Waals surface area contributed by atoms with Crippen LogP contribution in [-0.4, -0.2) is 26.3 Å². The van der Waals surface area contributed by atoms with E-state index in [1.807, 2.05) is 29.1 Å². The van der Waals surface area contributed by atoms with Gasteiger partial charge < -0.3 is 9.67 Å². The maximum absolute atomic E-state index is 8.88. The summed E-state index contributed by atoms with van der Waals surface area (Å²) < 4.78 is 1.88. The summed E-state index contributed by atoms with van der Waals surface area (Å²) in [6, 6.07) is 5.47. The van der Waals surface area contributed by atoms with Crippen molar-refractivity contribution in [1.82, 2.24) is 9.55 Å². The van der Waals surface area contributed by atoms with Gasteiger partial charge in [-0.2, -0.15) is 0 Å². The van der Waals surface area contributed by atoms with Gasteiger partial charge in [0.05, 0.1) is 12.3 Å². The molecule has 0 fully saturated rings. The molecule has 2 aromatic rings. The van der Waals surface area contributed by atoms with Crippen LogP contribution in [0.3, 0.4) is 0 Å². The van der Waals surface area contributed by atoms with Crippen molar-refractivity contribution < 1.29 is 5.11 Å². The summed E-state index contributed by atoms with van der Waals surface area (Å²) in [4.78, 5) is 4.02. The normalized spacial score (nSPS) is 11.8. The average molecular weight is 329 g/mol. The number of aliphatic hydroxyl groups excluding tert-OH is 1. The second-order valence-corrected chi connectivity index (χ2v) is 5.99.